The molecule has 1 unspecified atom stereocenters. The number of carbonyl (C=O) groups is 1. The zero-order valence-electron chi connectivity index (χ0n) is 11.2. The van der Waals surface area contributed by atoms with E-state index in [1.54, 1.807) is 0 Å². The highest BCUT2D eigenvalue weighted by atomic mass is 16.6. The average Bonchev–Trinajstić information content (AvgIpc) is 2.38. The Bertz CT molecular complexity index is 544. The van der Waals surface area contributed by atoms with Crippen LogP contribution in [0, 0.1) is 26.1 Å². The molecule has 0 radical (unpaired) electrons. The summed E-state index contributed by atoms with van der Waals surface area (Å²) in [5, 5.41) is 24.3. The van der Waals surface area contributed by atoms with Gasteiger partial charge in [0, 0.05) is 18.5 Å². The molecule has 0 bridgehead atoms. The first-order valence-electron chi connectivity index (χ1n) is 6.04. The van der Waals surface area contributed by atoms with Crippen LogP contribution in [0.1, 0.15) is 20.3 Å². The first kappa shape index (κ1) is 15.5. The van der Waals surface area contributed by atoms with Crippen LogP contribution in [0.3, 0.4) is 0 Å². The van der Waals surface area contributed by atoms with Crippen molar-refractivity contribution in [2.45, 2.75) is 20.3 Å². The summed E-state index contributed by atoms with van der Waals surface area (Å²) < 4.78 is 0. The SMILES string of the molecule is CCC(CNc1ccc([N+](=O)[O-])cc1[N+](=O)[O-])C(C)=O. The van der Waals surface area contributed by atoms with Gasteiger partial charge in [-0.05, 0) is 19.4 Å². The molecular formula is C12H15N3O5. The number of anilines is 1. The van der Waals surface area contributed by atoms with Crippen LogP contribution in [0.2, 0.25) is 0 Å². The first-order chi connectivity index (χ1) is 9.36. The molecule has 0 aliphatic rings. The summed E-state index contributed by atoms with van der Waals surface area (Å²) in [6, 6.07) is 3.37. The summed E-state index contributed by atoms with van der Waals surface area (Å²) in [5.74, 6) is -0.255. The van der Waals surface area contributed by atoms with Gasteiger partial charge in [-0.3, -0.25) is 25.0 Å². The third-order valence-electron chi connectivity index (χ3n) is 3.00. The molecule has 0 spiro atoms. The molecule has 0 saturated heterocycles. The van der Waals surface area contributed by atoms with Gasteiger partial charge in [0.25, 0.3) is 11.4 Å². The molecule has 0 heterocycles. The smallest absolute Gasteiger partial charge is 0.299 e. The molecule has 0 aromatic heterocycles. The van der Waals surface area contributed by atoms with Gasteiger partial charge < -0.3 is 5.32 Å². The minimum Gasteiger partial charge on any atom is -0.379 e. The molecule has 0 saturated carbocycles. The summed E-state index contributed by atoms with van der Waals surface area (Å²) in [4.78, 5) is 31.4. The predicted molar refractivity (Wildman–Crippen MR) is 72.7 cm³/mol. The average molecular weight is 281 g/mol. The highest BCUT2D eigenvalue weighted by molar-refractivity contribution is 5.79. The fraction of sp³-hybridized carbons (Fsp3) is 0.417. The van der Waals surface area contributed by atoms with E-state index < -0.39 is 9.85 Å². The van der Waals surface area contributed by atoms with E-state index in [0.717, 1.165) is 6.07 Å². The molecule has 1 aromatic rings. The van der Waals surface area contributed by atoms with E-state index in [-0.39, 0.29) is 35.3 Å². The molecule has 0 aliphatic carbocycles. The van der Waals surface area contributed by atoms with Gasteiger partial charge in [0.15, 0.2) is 0 Å². The number of nitro benzene ring substituents is 2. The quantitative estimate of drug-likeness (QED) is 0.606. The normalized spacial score (nSPS) is 11.7. The zero-order chi connectivity index (χ0) is 15.3. The van der Waals surface area contributed by atoms with Gasteiger partial charge in [0.05, 0.1) is 15.9 Å². The van der Waals surface area contributed by atoms with E-state index in [1.807, 2.05) is 6.92 Å². The summed E-state index contributed by atoms with van der Waals surface area (Å²) in [7, 11) is 0. The van der Waals surface area contributed by atoms with Crippen LogP contribution in [0.4, 0.5) is 17.1 Å². The second kappa shape index (κ2) is 6.60. The van der Waals surface area contributed by atoms with Crippen LogP contribution in [0.15, 0.2) is 18.2 Å². The van der Waals surface area contributed by atoms with E-state index >= 15 is 0 Å². The molecule has 1 aromatic carbocycles. The molecule has 8 heteroatoms. The number of Topliss-reactive ketones (excluding diaryl/α,β-unsaturated/α-hetero) is 1. The lowest BCUT2D eigenvalue weighted by molar-refractivity contribution is -0.393. The van der Waals surface area contributed by atoms with E-state index in [2.05, 4.69) is 5.32 Å². The lowest BCUT2D eigenvalue weighted by atomic mass is 10.0. The largest absolute Gasteiger partial charge is 0.379 e. The summed E-state index contributed by atoms with van der Waals surface area (Å²) in [6.07, 6.45) is 0.614. The van der Waals surface area contributed by atoms with Gasteiger partial charge in [-0.15, -0.1) is 0 Å². The van der Waals surface area contributed by atoms with E-state index in [9.17, 15) is 25.0 Å². The summed E-state index contributed by atoms with van der Waals surface area (Å²) in [6.45, 7) is 3.56. The maximum Gasteiger partial charge on any atom is 0.299 e. The lowest BCUT2D eigenvalue weighted by Gasteiger charge is -2.13. The van der Waals surface area contributed by atoms with Crippen LogP contribution < -0.4 is 5.32 Å². The van der Waals surface area contributed by atoms with Crippen molar-refractivity contribution in [1.29, 1.82) is 0 Å². The lowest BCUT2D eigenvalue weighted by Crippen LogP contribution is -2.20. The first-order valence-corrected chi connectivity index (χ1v) is 6.04. The Kier molecular flexibility index (Phi) is 5.13. The fourth-order valence-corrected chi connectivity index (χ4v) is 1.74. The van der Waals surface area contributed by atoms with Gasteiger partial charge in [-0.25, -0.2) is 0 Å². The molecule has 0 amide bonds. The summed E-state index contributed by atoms with van der Waals surface area (Å²) in [5.41, 5.74) is -0.557. The van der Waals surface area contributed by atoms with Crippen molar-refractivity contribution in [1.82, 2.24) is 0 Å². The van der Waals surface area contributed by atoms with Crippen molar-refractivity contribution in [3.8, 4) is 0 Å². The number of hydrogen-bond acceptors (Lipinski definition) is 6. The fourth-order valence-electron chi connectivity index (χ4n) is 1.74. The molecular weight excluding hydrogens is 266 g/mol. The number of carbonyl (C=O) groups excluding carboxylic acids is 1. The number of non-ortho nitro benzene ring substituents is 1. The van der Waals surface area contributed by atoms with Crippen LogP contribution in [-0.4, -0.2) is 22.2 Å². The molecule has 0 fully saturated rings. The van der Waals surface area contributed by atoms with Crippen molar-refractivity contribution < 1.29 is 14.6 Å². The number of nitrogens with zero attached hydrogens (tertiary/aromatic N) is 2. The highest BCUT2D eigenvalue weighted by Crippen LogP contribution is 2.29. The predicted octanol–water partition coefficient (Wildman–Crippen LogP) is 2.53. The van der Waals surface area contributed by atoms with E-state index in [0.29, 0.717) is 6.42 Å². The van der Waals surface area contributed by atoms with E-state index in [1.165, 1.54) is 19.1 Å². The molecule has 20 heavy (non-hydrogen) atoms. The highest BCUT2D eigenvalue weighted by Gasteiger charge is 2.20. The zero-order valence-corrected chi connectivity index (χ0v) is 11.2. The number of nitro groups is 2. The van der Waals surface area contributed by atoms with Crippen LogP contribution in [0.5, 0.6) is 0 Å². The Hall–Kier alpha value is -2.51. The van der Waals surface area contributed by atoms with Gasteiger partial charge in [-0.1, -0.05) is 6.92 Å². The molecule has 108 valence electrons. The standard InChI is InChI=1S/C12H15N3O5/c1-3-9(8(2)16)7-13-11-5-4-10(14(17)18)6-12(11)15(19)20/h4-6,9,13H,3,7H2,1-2H3. The molecule has 1 N–H and O–H groups in total. The number of ketones is 1. The van der Waals surface area contributed by atoms with E-state index in [4.69, 9.17) is 0 Å². The maximum atomic E-state index is 11.3. The Morgan fingerprint density at radius 3 is 2.40 bits per heavy atom. The topological polar surface area (TPSA) is 115 Å². The van der Waals surface area contributed by atoms with Crippen LogP contribution >= 0.6 is 0 Å². The second-order valence-electron chi connectivity index (χ2n) is 4.31. The Morgan fingerprint density at radius 1 is 1.30 bits per heavy atom. The van der Waals surface area contributed by atoms with Gasteiger partial charge in [0.2, 0.25) is 0 Å². The van der Waals surface area contributed by atoms with Crippen molar-refractivity contribution in [2.24, 2.45) is 5.92 Å². The molecule has 1 rings (SSSR count). The Balaban J connectivity index is 2.97. The second-order valence-corrected chi connectivity index (χ2v) is 4.31. The van der Waals surface area contributed by atoms with Gasteiger partial charge >= 0.3 is 0 Å². The van der Waals surface area contributed by atoms with Crippen LogP contribution in [0.25, 0.3) is 0 Å². The van der Waals surface area contributed by atoms with Crippen LogP contribution in [-0.2, 0) is 4.79 Å². The Morgan fingerprint density at radius 2 is 1.95 bits per heavy atom. The maximum absolute atomic E-state index is 11.3. The minimum absolute atomic E-state index is 0.00966. The monoisotopic (exact) mass is 281 g/mol. The number of rotatable bonds is 7. The minimum atomic E-state index is -0.693. The van der Waals surface area contributed by atoms with Gasteiger partial charge in [-0.2, -0.15) is 0 Å². The summed E-state index contributed by atoms with van der Waals surface area (Å²) >= 11 is 0. The number of hydrogen-bond donors (Lipinski definition) is 1. The molecule has 1 atom stereocenters. The van der Waals surface area contributed by atoms with Gasteiger partial charge in [0.1, 0.15) is 11.5 Å². The van der Waals surface area contributed by atoms with Crippen molar-refractivity contribution in [3.63, 3.8) is 0 Å². The molecule has 8 nitrogen and oxygen atoms in total. The molecule has 0 aliphatic heterocycles. The number of nitrogens with one attached hydrogen (secondary N) is 1. The Labute approximate surface area is 115 Å². The number of benzene rings is 1. The van der Waals surface area contributed by atoms with Crippen molar-refractivity contribution in [2.75, 3.05) is 11.9 Å². The third kappa shape index (κ3) is 3.74. The third-order valence-corrected chi connectivity index (χ3v) is 3.00. The van der Waals surface area contributed by atoms with Crippen molar-refractivity contribution >= 4 is 22.8 Å². The van der Waals surface area contributed by atoms with Crippen molar-refractivity contribution in [3.05, 3.63) is 38.4 Å².